The van der Waals surface area contributed by atoms with E-state index in [-0.39, 0.29) is 23.9 Å². The Morgan fingerprint density at radius 1 is 1.14 bits per heavy atom. The SMILES string of the molecule is O=C(CN1C(=O)/C(=C/c2ccccc2)SC1=S)NC12CC3CC(CC(C3)C1)C2. The molecule has 0 unspecified atom stereocenters. The first-order valence-corrected chi connectivity index (χ1v) is 11.3. The number of carbonyl (C=O) groups excluding carboxylic acids is 2. The maximum Gasteiger partial charge on any atom is 0.266 e. The maximum atomic E-state index is 12.8. The normalized spacial score (nSPS) is 35.1. The first-order chi connectivity index (χ1) is 13.5. The van der Waals surface area contributed by atoms with Crippen LogP contribution in [-0.2, 0) is 9.59 Å². The molecule has 146 valence electrons. The molecule has 4 aliphatic carbocycles. The fourth-order valence-corrected chi connectivity index (χ4v) is 7.33. The predicted octanol–water partition coefficient (Wildman–Crippen LogP) is 3.97. The standard InChI is InChI=1S/C22H24N2O2S2/c25-19(23-22-10-15-6-16(11-22)8-17(7-15)12-22)13-24-20(26)18(28-21(24)27)9-14-4-2-1-3-5-14/h1-5,9,15-17H,6-8,10-13H2,(H,23,25)/b18-9-. The van der Waals surface area contributed by atoms with Crippen LogP contribution in [-0.4, -0.2) is 33.1 Å². The molecule has 1 N–H and O–H groups in total. The van der Waals surface area contributed by atoms with Gasteiger partial charge in [0, 0.05) is 5.54 Å². The minimum Gasteiger partial charge on any atom is -0.349 e. The lowest BCUT2D eigenvalue weighted by molar-refractivity contribution is -0.132. The van der Waals surface area contributed by atoms with Crippen molar-refractivity contribution in [2.75, 3.05) is 6.54 Å². The third kappa shape index (κ3) is 3.41. The van der Waals surface area contributed by atoms with Crippen LogP contribution in [0.5, 0.6) is 0 Å². The summed E-state index contributed by atoms with van der Waals surface area (Å²) in [7, 11) is 0. The van der Waals surface area contributed by atoms with E-state index in [9.17, 15) is 9.59 Å². The van der Waals surface area contributed by atoms with Gasteiger partial charge in [0.15, 0.2) is 0 Å². The molecule has 0 radical (unpaired) electrons. The van der Waals surface area contributed by atoms with Crippen LogP contribution in [0.4, 0.5) is 0 Å². The van der Waals surface area contributed by atoms with Crippen LogP contribution in [0.2, 0.25) is 0 Å². The zero-order chi connectivity index (χ0) is 19.3. The molecule has 0 spiro atoms. The molecule has 5 fully saturated rings. The highest BCUT2D eigenvalue weighted by molar-refractivity contribution is 8.26. The van der Waals surface area contributed by atoms with Crippen molar-refractivity contribution in [2.24, 2.45) is 17.8 Å². The van der Waals surface area contributed by atoms with Crippen LogP contribution in [0.1, 0.15) is 44.1 Å². The summed E-state index contributed by atoms with van der Waals surface area (Å²) in [6.07, 6.45) is 9.19. The van der Waals surface area contributed by atoms with Crippen LogP contribution < -0.4 is 5.32 Å². The minimum atomic E-state index is -0.167. The van der Waals surface area contributed by atoms with Crippen molar-refractivity contribution in [3.05, 3.63) is 40.8 Å². The quantitative estimate of drug-likeness (QED) is 0.600. The fraction of sp³-hybridized carbons (Fsp3) is 0.500. The highest BCUT2D eigenvalue weighted by atomic mass is 32.2. The average Bonchev–Trinajstić information content (AvgIpc) is 2.88. The van der Waals surface area contributed by atoms with Gasteiger partial charge in [0.1, 0.15) is 10.9 Å². The molecule has 1 aliphatic heterocycles. The molecule has 6 rings (SSSR count). The number of nitrogens with one attached hydrogen (secondary N) is 1. The summed E-state index contributed by atoms with van der Waals surface area (Å²) in [6.45, 7) is 0.0263. The van der Waals surface area contributed by atoms with Gasteiger partial charge in [-0.1, -0.05) is 54.3 Å². The Kier molecular flexibility index (Phi) is 4.59. The van der Waals surface area contributed by atoms with Gasteiger partial charge >= 0.3 is 0 Å². The molecule has 0 aromatic heterocycles. The largest absolute Gasteiger partial charge is 0.349 e. The molecular weight excluding hydrogens is 388 g/mol. The third-order valence-corrected chi connectivity index (χ3v) is 8.09. The summed E-state index contributed by atoms with van der Waals surface area (Å²) in [4.78, 5) is 27.7. The number of benzene rings is 1. The Balaban J connectivity index is 1.26. The Morgan fingerprint density at radius 2 is 1.75 bits per heavy atom. The second-order valence-electron chi connectivity index (χ2n) is 8.92. The molecule has 4 bridgehead atoms. The number of rotatable bonds is 4. The molecular formula is C22H24N2O2S2. The zero-order valence-corrected chi connectivity index (χ0v) is 17.4. The number of thiocarbonyl (C=S) groups is 1. The molecule has 1 saturated heterocycles. The smallest absolute Gasteiger partial charge is 0.266 e. The number of carbonyl (C=O) groups is 2. The molecule has 5 aliphatic rings. The van der Waals surface area contributed by atoms with E-state index in [1.807, 2.05) is 36.4 Å². The molecule has 1 aromatic carbocycles. The predicted molar refractivity (Wildman–Crippen MR) is 115 cm³/mol. The number of hydrogen-bond acceptors (Lipinski definition) is 4. The van der Waals surface area contributed by atoms with Crippen LogP contribution in [0.25, 0.3) is 6.08 Å². The van der Waals surface area contributed by atoms with E-state index in [0.29, 0.717) is 9.23 Å². The van der Waals surface area contributed by atoms with Crippen LogP contribution in [0.15, 0.2) is 35.2 Å². The van der Waals surface area contributed by atoms with Crippen molar-refractivity contribution in [1.82, 2.24) is 10.2 Å². The molecule has 1 heterocycles. The number of nitrogens with zero attached hydrogens (tertiary/aromatic N) is 1. The van der Waals surface area contributed by atoms with Crippen LogP contribution in [0, 0.1) is 17.8 Å². The summed E-state index contributed by atoms with van der Waals surface area (Å²) < 4.78 is 0.466. The molecule has 4 saturated carbocycles. The van der Waals surface area contributed by atoms with Gasteiger partial charge < -0.3 is 5.32 Å². The Hall–Kier alpha value is -1.66. The Bertz CT molecular complexity index is 829. The van der Waals surface area contributed by atoms with Gasteiger partial charge in [0.05, 0.1) is 4.91 Å². The van der Waals surface area contributed by atoms with E-state index in [1.165, 1.54) is 35.9 Å². The molecule has 0 atom stereocenters. The summed E-state index contributed by atoms with van der Waals surface area (Å²) in [5.74, 6) is 2.09. The van der Waals surface area contributed by atoms with Gasteiger partial charge in [-0.25, -0.2) is 0 Å². The van der Waals surface area contributed by atoms with Gasteiger partial charge in [0.2, 0.25) is 5.91 Å². The minimum absolute atomic E-state index is 0.0263. The topological polar surface area (TPSA) is 49.4 Å². The number of hydrogen-bond donors (Lipinski definition) is 1. The summed E-state index contributed by atoms with van der Waals surface area (Å²) in [5.41, 5.74) is 0.924. The maximum absolute atomic E-state index is 12.8. The van der Waals surface area contributed by atoms with E-state index in [2.05, 4.69) is 5.32 Å². The van der Waals surface area contributed by atoms with Gasteiger partial charge in [-0.05, 0) is 67.9 Å². The first-order valence-electron chi connectivity index (χ1n) is 10.1. The molecule has 28 heavy (non-hydrogen) atoms. The second kappa shape index (κ2) is 6.99. The van der Waals surface area contributed by atoms with Crippen molar-refractivity contribution in [1.29, 1.82) is 0 Å². The van der Waals surface area contributed by atoms with E-state index in [1.54, 1.807) is 0 Å². The van der Waals surface area contributed by atoms with Crippen molar-refractivity contribution >= 4 is 46.2 Å². The van der Waals surface area contributed by atoms with Crippen molar-refractivity contribution in [3.63, 3.8) is 0 Å². The second-order valence-corrected chi connectivity index (χ2v) is 10.6. The van der Waals surface area contributed by atoms with Crippen molar-refractivity contribution in [3.8, 4) is 0 Å². The zero-order valence-electron chi connectivity index (χ0n) is 15.7. The summed E-state index contributed by atoms with van der Waals surface area (Å²) in [6, 6.07) is 9.72. The van der Waals surface area contributed by atoms with Gasteiger partial charge in [-0.2, -0.15) is 0 Å². The molecule has 6 heteroatoms. The number of thioether (sulfide) groups is 1. The van der Waals surface area contributed by atoms with Crippen molar-refractivity contribution < 1.29 is 9.59 Å². The van der Waals surface area contributed by atoms with Crippen LogP contribution >= 0.6 is 24.0 Å². The lowest BCUT2D eigenvalue weighted by Gasteiger charge is -2.57. The van der Waals surface area contributed by atoms with Gasteiger partial charge in [-0.3, -0.25) is 14.5 Å². The average molecular weight is 413 g/mol. The monoisotopic (exact) mass is 412 g/mol. The summed E-state index contributed by atoms with van der Waals surface area (Å²) >= 11 is 6.67. The van der Waals surface area contributed by atoms with Gasteiger partial charge in [-0.15, -0.1) is 0 Å². The van der Waals surface area contributed by atoms with E-state index in [4.69, 9.17) is 12.2 Å². The Labute approximate surface area is 175 Å². The highest BCUT2D eigenvalue weighted by Gasteiger charge is 2.51. The van der Waals surface area contributed by atoms with E-state index < -0.39 is 0 Å². The van der Waals surface area contributed by atoms with E-state index >= 15 is 0 Å². The lowest BCUT2D eigenvalue weighted by Crippen LogP contribution is -2.61. The molecule has 2 amide bonds. The van der Waals surface area contributed by atoms with E-state index in [0.717, 1.165) is 42.6 Å². The summed E-state index contributed by atoms with van der Waals surface area (Å²) in [5, 5.41) is 3.34. The van der Waals surface area contributed by atoms with Crippen LogP contribution in [0.3, 0.4) is 0 Å². The first kappa shape index (κ1) is 18.4. The fourth-order valence-electron chi connectivity index (χ4n) is 6.08. The van der Waals surface area contributed by atoms with Crippen molar-refractivity contribution in [2.45, 2.75) is 44.1 Å². The molecule has 1 aromatic rings. The lowest BCUT2D eigenvalue weighted by atomic mass is 9.53. The number of amides is 2. The van der Waals surface area contributed by atoms with Gasteiger partial charge in [0.25, 0.3) is 5.91 Å². The molecule has 4 nitrogen and oxygen atoms in total. The Morgan fingerprint density at radius 3 is 2.36 bits per heavy atom. The third-order valence-electron chi connectivity index (χ3n) is 6.72. The highest BCUT2D eigenvalue weighted by Crippen LogP contribution is 2.55.